The Hall–Kier alpha value is -4.13. The molecule has 1 atom stereocenters. The van der Waals surface area contributed by atoms with Crippen molar-refractivity contribution in [1.82, 2.24) is 30.0 Å². The summed E-state index contributed by atoms with van der Waals surface area (Å²) in [5.74, 6) is 0.861. The molecule has 0 unspecified atom stereocenters. The number of hydrogen-bond donors (Lipinski definition) is 0. The van der Waals surface area contributed by atoms with E-state index in [-0.39, 0.29) is 6.04 Å². The monoisotopic (exact) mass is 514 g/mol. The zero-order valence-electron chi connectivity index (χ0n) is 22.6. The molecule has 1 aliphatic rings. The molecule has 6 nitrogen and oxygen atoms in total. The molecule has 39 heavy (non-hydrogen) atoms. The standard InChI is InChI=1S/C33H34N6/c1-25-10-8-11-26(2)31(25)39-33(34-35-36-39)32(30-18-17-28-15-6-7-16-29(28)24-30)38-22-20-37(21-23-38)19-9-14-27-12-4-3-5-13-27/h3-18,24,32H,19-23H2,1-2H3/b14-9+/t32-/m0/s1. The first-order chi connectivity index (χ1) is 19.2. The Kier molecular flexibility index (Phi) is 7.30. The van der Waals surface area contributed by atoms with Gasteiger partial charge in [0.15, 0.2) is 5.82 Å². The number of benzene rings is 4. The van der Waals surface area contributed by atoms with Gasteiger partial charge in [0.05, 0.1) is 11.7 Å². The molecule has 6 heteroatoms. The molecule has 0 saturated carbocycles. The summed E-state index contributed by atoms with van der Waals surface area (Å²) < 4.78 is 1.96. The minimum atomic E-state index is -0.0503. The molecule has 0 amide bonds. The maximum atomic E-state index is 4.64. The van der Waals surface area contributed by atoms with E-state index in [9.17, 15) is 0 Å². The van der Waals surface area contributed by atoms with Crippen molar-refractivity contribution in [1.29, 1.82) is 0 Å². The number of para-hydroxylation sites is 1. The van der Waals surface area contributed by atoms with Crippen molar-refractivity contribution in [2.24, 2.45) is 0 Å². The van der Waals surface area contributed by atoms with E-state index in [0.29, 0.717) is 0 Å². The zero-order chi connectivity index (χ0) is 26.6. The van der Waals surface area contributed by atoms with Crippen LogP contribution < -0.4 is 0 Å². The third-order valence-electron chi connectivity index (χ3n) is 7.72. The van der Waals surface area contributed by atoms with Crippen molar-refractivity contribution >= 4 is 16.8 Å². The lowest BCUT2D eigenvalue weighted by Gasteiger charge is -2.38. The van der Waals surface area contributed by atoms with E-state index in [1.54, 1.807) is 0 Å². The third kappa shape index (κ3) is 5.39. The highest BCUT2D eigenvalue weighted by atomic mass is 15.6. The van der Waals surface area contributed by atoms with E-state index in [0.717, 1.165) is 55.4 Å². The van der Waals surface area contributed by atoms with Crippen LogP contribution in [0.2, 0.25) is 0 Å². The van der Waals surface area contributed by atoms with Crippen molar-refractivity contribution in [3.05, 3.63) is 125 Å². The minimum Gasteiger partial charge on any atom is -0.297 e. The molecular weight excluding hydrogens is 480 g/mol. The summed E-state index contributed by atoms with van der Waals surface area (Å²) >= 11 is 0. The van der Waals surface area contributed by atoms with Crippen molar-refractivity contribution < 1.29 is 0 Å². The molecule has 4 aromatic carbocycles. The van der Waals surface area contributed by atoms with Crippen molar-refractivity contribution in [3.63, 3.8) is 0 Å². The van der Waals surface area contributed by atoms with Gasteiger partial charge in [-0.25, -0.2) is 0 Å². The van der Waals surface area contributed by atoms with Crippen LogP contribution in [0.4, 0.5) is 0 Å². The lowest BCUT2D eigenvalue weighted by Crippen LogP contribution is -2.48. The summed E-state index contributed by atoms with van der Waals surface area (Å²) in [5, 5.41) is 15.8. The molecule has 1 aliphatic heterocycles. The second-order valence-electron chi connectivity index (χ2n) is 10.3. The number of fused-ring (bicyclic) bond motifs is 1. The summed E-state index contributed by atoms with van der Waals surface area (Å²) in [7, 11) is 0. The molecule has 0 N–H and O–H groups in total. The van der Waals surface area contributed by atoms with Gasteiger partial charge in [-0.2, -0.15) is 4.68 Å². The number of tetrazole rings is 1. The SMILES string of the molecule is Cc1cccc(C)c1-n1nnnc1[C@H](c1ccc2ccccc2c1)N1CCN(C/C=C/c2ccccc2)CC1. The van der Waals surface area contributed by atoms with Gasteiger partial charge in [0.2, 0.25) is 0 Å². The van der Waals surface area contributed by atoms with Gasteiger partial charge in [-0.15, -0.1) is 5.10 Å². The lowest BCUT2D eigenvalue weighted by atomic mass is 9.99. The maximum absolute atomic E-state index is 4.64. The van der Waals surface area contributed by atoms with Gasteiger partial charge in [-0.3, -0.25) is 9.80 Å². The Bertz CT molecular complexity index is 1560. The second-order valence-corrected chi connectivity index (χ2v) is 10.3. The van der Waals surface area contributed by atoms with E-state index >= 15 is 0 Å². The number of rotatable bonds is 7. The Labute approximate surface area is 230 Å². The predicted octanol–water partition coefficient (Wildman–Crippen LogP) is 5.85. The van der Waals surface area contributed by atoms with Gasteiger partial charge in [0.1, 0.15) is 0 Å². The lowest BCUT2D eigenvalue weighted by molar-refractivity contribution is 0.113. The molecule has 196 valence electrons. The molecular formula is C33H34N6. The summed E-state index contributed by atoms with van der Waals surface area (Å²) in [6.45, 7) is 9.07. The number of aryl methyl sites for hydroxylation is 2. The van der Waals surface area contributed by atoms with E-state index in [2.05, 4.69) is 142 Å². The summed E-state index contributed by atoms with van der Waals surface area (Å²) in [6, 6.07) is 32.1. The van der Waals surface area contributed by atoms with Crippen LogP contribution >= 0.6 is 0 Å². The van der Waals surface area contributed by atoms with Crippen molar-refractivity contribution in [2.75, 3.05) is 32.7 Å². The molecule has 0 radical (unpaired) electrons. The number of hydrogen-bond acceptors (Lipinski definition) is 5. The van der Waals surface area contributed by atoms with Crippen LogP contribution in [0.3, 0.4) is 0 Å². The van der Waals surface area contributed by atoms with Crippen LogP contribution in [0.25, 0.3) is 22.5 Å². The average molecular weight is 515 g/mol. The number of nitrogens with zero attached hydrogens (tertiary/aromatic N) is 6. The highest BCUT2D eigenvalue weighted by molar-refractivity contribution is 5.83. The normalized spacial score (nSPS) is 15.7. The largest absolute Gasteiger partial charge is 0.297 e. The molecule has 1 fully saturated rings. The fraction of sp³-hybridized carbons (Fsp3) is 0.242. The first-order valence-electron chi connectivity index (χ1n) is 13.7. The first-order valence-corrected chi connectivity index (χ1v) is 13.7. The van der Waals surface area contributed by atoms with Gasteiger partial charge in [-0.05, 0) is 63.4 Å². The average Bonchev–Trinajstić information content (AvgIpc) is 3.43. The van der Waals surface area contributed by atoms with E-state index < -0.39 is 0 Å². The first kappa shape index (κ1) is 25.2. The van der Waals surface area contributed by atoms with Gasteiger partial charge in [-0.1, -0.05) is 97.1 Å². The molecule has 1 saturated heterocycles. The van der Waals surface area contributed by atoms with Crippen LogP contribution in [0.5, 0.6) is 0 Å². The van der Waals surface area contributed by atoms with Crippen LogP contribution in [-0.2, 0) is 0 Å². The van der Waals surface area contributed by atoms with Crippen LogP contribution in [0.15, 0.2) is 97.1 Å². The van der Waals surface area contributed by atoms with Crippen LogP contribution in [0, 0.1) is 13.8 Å². The smallest absolute Gasteiger partial charge is 0.178 e. The molecule has 6 rings (SSSR count). The molecule has 0 spiro atoms. The van der Waals surface area contributed by atoms with Gasteiger partial charge < -0.3 is 0 Å². The quantitative estimate of drug-likeness (QED) is 0.273. The van der Waals surface area contributed by atoms with Crippen LogP contribution in [-0.4, -0.2) is 62.7 Å². The van der Waals surface area contributed by atoms with Crippen LogP contribution in [0.1, 0.15) is 34.1 Å². The van der Waals surface area contributed by atoms with E-state index in [1.165, 1.54) is 21.9 Å². The Morgan fingerprint density at radius 2 is 1.49 bits per heavy atom. The zero-order valence-corrected chi connectivity index (χ0v) is 22.6. The van der Waals surface area contributed by atoms with Crippen molar-refractivity contribution in [3.8, 4) is 5.69 Å². The van der Waals surface area contributed by atoms with E-state index in [1.807, 2.05) is 4.68 Å². The fourth-order valence-electron chi connectivity index (χ4n) is 5.67. The molecule has 0 bridgehead atoms. The molecule has 1 aromatic heterocycles. The summed E-state index contributed by atoms with van der Waals surface area (Å²) in [6.07, 6.45) is 4.48. The van der Waals surface area contributed by atoms with Gasteiger partial charge in [0, 0.05) is 32.7 Å². The van der Waals surface area contributed by atoms with Gasteiger partial charge >= 0.3 is 0 Å². The molecule has 5 aromatic rings. The van der Waals surface area contributed by atoms with Gasteiger partial charge in [0.25, 0.3) is 0 Å². The predicted molar refractivity (Wildman–Crippen MR) is 158 cm³/mol. The second kappa shape index (κ2) is 11.3. The number of piperazine rings is 1. The Morgan fingerprint density at radius 1 is 0.769 bits per heavy atom. The molecule has 2 heterocycles. The highest BCUT2D eigenvalue weighted by Gasteiger charge is 2.31. The minimum absolute atomic E-state index is 0.0503. The summed E-state index contributed by atoms with van der Waals surface area (Å²) in [5.41, 5.74) is 5.85. The molecule has 0 aliphatic carbocycles. The Balaban J connectivity index is 1.30. The van der Waals surface area contributed by atoms with E-state index in [4.69, 9.17) is 0 Å². The third-order valence-corrected chi connectivity index (χ3v) is 7.72. The fourth-order valence-corrected chi connectivity index (χ4v) is 5.67. The number of aromatic nitrogens is 4. The summed E-state index contributed by atoms with van der Waals surface area (Å²) in [4.78, 5) is 5.05. The van der Waals surface area contributed by atoms with Crippen molar-refractivity contribution in [2.45, 2.75) is 19.9 Å². The maximum Gasteiger partial charge on any atom is 0.178 e. The topological polar surface area (TPSA) is 50.1 Å². The Morgan fingerprint density at radius 3 is 2.26 bits per heavy atom. The highest BCUT2D eigenvalue weighted by Crippen LogP contribution is 2.32.